The number of fused-ring (bicyclic) bond motifs is 1. The lowest BCUT2D eigenvalue weighted by Crippen LogP contribution is -2.66. The molecule has 2 heterocycles. The van der Waals surface area contributed by atoms with E-state index >= 15 is 0 Å². The van der Waals surface area contributed by atoms with E-state index in [4.69, 9.17) is 0 Å². The quantitative estimate of drug-likeness (QED) is 0.153. The molecular weight excluding hydrogens is 726 g/mol. The van der Waals surface area contributed by atoms with Gasteiger partial charge in [0.1, 0.15) is 36.0 Å². The van der Waals surface area contributed by atoms with Crippen LogP contribution in [-0.4, -0.2) is 122 Å². The molecule has 2 saturated heterocycles. The van der Waals surface area contributed by atoms with E-state index < -0.39 is 102 Å². The van der Waals surface area contributed by atoms with Gasteiger partial charge in [-0.3, -0.25) is 38.5 Å². The number of carbonyl (C=O) groups excluding carboxylic acids is 6. The number of carboxylic acid groups (broad SMARTS) is 1. The molecule has 312 valence electrons. The summed E-state index contributed by atoms with van der Waals surface area (Å²) in [6.45, 7) is 14.3. The van der Waals surface area contributed by atoms with Crippen molar-refractivity contribution in [2.24, 2.45) is 11.8 Å². The monoisotopic (exact) mass is 787 g/mol. The summed E-state index contributed by atoms with van der Waals surface area (Å²) in [6.07, 6.45) is -1.33. The maximum Gasteiger partial charge on any atom is 0.305 e. The number of hydrogen-bond acceptors (Lipinski definition) is 10. The number of aromatic hydroxyl groups is 1. The molecule has 8 atom stereocenters. The first-order valence-corrected chi connectivity index (χ1v) is 19.3. The number of carboxylic acids is 1. The molecule has 17 heteroatoms. The van der Waals surface area contributed by atoms with Crippen LogP contribution in [0.4, 0.5) is 0 Å². The number of hydrogen-bond donors (Lipinski definition) is 9. The second kappa shape index (κ2) is 19.9. The van der Waals surface area contributed by atoms with Crippen molar-refractivity contribution in [2.75, 3.05) is 6.54 Å². The van der Waals surface area contributed by atoms with Gasteiger partial charge in [0.25, 0.3) is 0 Å². The van der Waals surface area contributed by atoms with E-state index in [1.807, 2.05) is 13.8 Å². The fraction of sp³-hybridized carbons (Fsp3) is 0.667. The lowest BCUT2D eigenvalue weighted by molar-refractivity contribution is -0.142. The van der Waals surface area contributed by atoms with Gasteiger partial charge in [-0.1, -0.05) is 39.8 Å². The number of phenolic OH excluding ortho intramolecular Hbond substituents is 1. The number of benzene rings is 1. The molecule has 0 aromatic heterocycles. The summed E-state index contributed by atoms with van der Waals surface area (Å²) in [6, 6.07) is -2.88. The molecule has 56 heavy (non-hydrogen) atoms. The Balaban J connectivity index is 2.23. The van der Waals surface area contributed by atoms with Crippen LogP contribution in [0.1, 0.15) is 93.1 Å². The number of aliphatic hydroxyl groups excluding tert-OH is 1. The molecule has 6 amide bonds. The molecule has 3 rings (SSSR count). The Hall–Kier alpha value is -4.77. The minimum Gasteiger partial charge on any atom is -0.508 e. The second-order valence-corrected chi connectivity index (χ2v) is 16.8. The lowest BCUT2D eigenvalue weighted by atomic mass is 9.93. The number of aliphatic carboxylic acids is 1. The van der Waals surface area contributed by atoms with Crippen molar-refractivity contribution in [3.63, 3.8) is 0 Å². The Morgan fingerprint density at radius 1 is 0.786 bits per heavy atom. The normalized spacial score (nSPS) is 26.8. The van der Waals surface area contributed by atoms with Crippen molar-refractivity contribution in [3.05, 3.63) is 29.8 Å². The standard InChI is InChI=1S/C39H61N7O10/c1-20(2)16-25-32(38(56)45-39(6,7)8)46-15-9-10-29(46)36(54)43-27(18-23-11-13-24(48)14-12-23)34(52)41-26(17-21(3)4)33(51)42-28(19-30(49)50)35(53)44-31(22(5)47)37(55)40-25/h11-14,20-22,25-29,31-32,47-48H,9-10,15-19H2,1-8H3,(H,40,55)(H,41,52)(H,42,51)(H,43,54)(H,44,53)(H,45,56)(H,49,50)/t22-,25+,26+,27+,28+,29+,31+,32+/m1/s1. The fourth-order valence-corrected chi connectivity index (χ4v) is 7.09. The average Bonchev–Trinajstić information content (AvgIpc) is 3.54. The Morgan fingerprint density at radius 2 is 1.34 bits per heavy atom. The Bertz CT molecular complexity index is 1580. The van der Waals surface area contributed by atoms with Crippen molar-refractivity contribution in [2.45, 2.75) is 148 Å². The van der Waals surface area contributed by atoms with E-state index in [9.17, 15) is 48.9 Å². The van der Waals surface area contributed by atoms with Gasteiger partial charge in [0.15, 0.2) is 0 Å². The maximum absolute atomic E-state index is 14.4. The summed E-state index contributed by atoms with van der Waals surface area (Å²) in [5, 5.41) is 46.5. The van der Waals surface area contributed by atoms with E-state index in [2.05, 4.69) is 31.9 Å². The average molecular weight is 788 g/mol. The minimum absolute atomic E-state index is 0.00968. The molecule has 2 fully saturated rings. The fourth-order valence-electron chi connectivity index (χ4n) is 7.09. The SMILES string of the molecule is CC(C)C[C@@H]1NC(=O)[C@H](Cc2ccc(O)cc2)NC(=O)[C@@H]2CCCN2[C@H](C(=O)NC(C)(C)C)[C@H](CC(C)C)NC(=O)[C@H]([C@@H](C)O)NC(=O)[C@H](CC(=O)O)NC1=O. The highest BCUT2D eigenvalue weighted by Crippen LogP contribution is 2.26. The van der Waals surface area contributed by atoms with Gasteiger partial charge < -0.3 is 47.2 Å². The number of rotatable bonds is 10. The number of carbonyl (C=O) groups is 7. The van der Waals surface area contributed by atoms with Crippen LogP contribution in [0.2, 0.25) is 0 Å². The molecule has 2 aliphatic rings. The van der Waals surface area contributed by atoms with Crippen LogP contribution in [0.3, 0.4) is 0 Å². The molecule has 9 N–H and O–H groups in total. The summed E-state index contributed by atoms with van der Waals surface area (Å²) in [5.41, 5.74) is -0.140. The molecule has 2 aliphatic heterocycles. The maximum atomic E-state index is 14.4. The number of nitrogens with one attached hydrogen (secondary N) is 6. The molecule has 1 aromatic carbocycles. The predicted octanol–water partition coefficient (Wildman–Crippen LogP) is 0.0677. The van der Waals surface area contributed by atoms with E-state index in [-0.39, 0.29) is 43.4 Å². The van der Waals surface area contributed by atoms with Gasteiger partial charge in [0, 0.05) is 12.0 Å². The van der Waals surface area contributed by atoms with Gasteiger partial charge in [-0.05, 0) is 89.5 Å². The van der Waals surface area contributed by atoms with Crippen LogP contribution in [0.15, 0.2) is 24.3 Å². The zero-order chi connectivity index (χ0) is 42.1. The Morgan fingerprint density at radius 3 is 1.89 bits per heavy atom. The molecule has 0 saturated carbocycles. The van der Waals surface area contributed by atoms with E-state index in [1.54, 1.807) is 51.7 Å². The second-order valence-electron chi connectivity index (χ2n) is 16.8. The zero-order valence-electron chi connectivity index (χ0n) is 33.7. The lowest BCUT2D eigenvalue weighted by Gasteiger charge is -2.40. The van der Waals surface area contributed by atoms with E-state index in [1.165, 1.54) is 19.1 Å². The highest BCUT2D eigenvalue weighted by molar-refractivity contribution is 5.97. The van der Waals surface area contributed by atoms with Crippen LogP contribution in [0, 0.1) is 11.8 Å². The van der Waals surface area contributed by atoms with Crippen molar-refractivity contribution < 1.29 is 48.9 Å². The van der Waals surface area contributed by atoms with Gasteiger partial charge in [0.2, 0.25) is 35.4 Å². The highest BCUT2D eigenvalue weighted by Gasteiger charge is 2.45. The first-order chi connectivity index (χ1) is 26.1. The third kappa shape index (κ3) is 13.5. The van der Waals surface area contributed by atoms with Crippen molar-refractivity contribution in [1.82, 2.24) is 36.8 Å². The summed E-state index contributed by atoms with van der Waals surface area (Å²) < 4.78 is 0. The molecular formula is C39H61N7O10. The summed E-state index contributed by atoms with van der Waals surface area (Å²) >= 11 is 0. The zero-order valence-corrected chi connectivity index (χ0v) is 33.7. The van der Waals surface area contributed by atoms with Crippen molar-refractivity contribution in [3.8, 4) is 5.75 Å². The third-order valence-electron chi connectivity index (χ3n) is 9.58. The Labute approximate surface area is 328 Å². The van der Waals surface area contributed by atoms with Crippen molar-refractivity contribution >= 4 is 41.4 Å². The van der Waals surface area contributed by atoms with Crippen molar-refractivity contribution in [1.29, 1.82) is 0 Å². The molecule has 0 bridgehead atoms. The summed E-state index contributed by atoms with van der Waals surface area (Å²) in [5.74, 6) is -6.32. The van der Waals surface area contributed by atoms with Gasteiger partial charge in [-0.15, -0.1) is 0 Å². The number of nitrogens with zero attached hydrogens (tertiary/aromatic N) is 1. The molecule has 17 nitrogen and oxygen atoms in total. The van der Waals surface area contributed by atoms with E-state index in [0.717, 1.165) is 0 Å². The summed E-state index contributed by atoms with van der Waals surface area (Å²) in [7, 11) is 0. The first-order valence-electron chi connectivity index (χ1n) is 19.3. The first kappa shape index (κ1) is 45.6. The van der Waals surface area contributed by atoms with Crippen LogP contribution in [-0.2, 0) is 40.0 Å². The van der Waals surface area contributed by atoms with E-state index in [0.29, 0.717) is 18.4 Å². The molecule has 0 spiro atoms. The predicted molar refractivity (Wildman–Crippen MR) is 206 cm³/mol. The number of amides is 6. The van der Waals surface area contributed by atoms with Crippen LogP contribution in [0.5, 0.6) is 5.75 Å². The molecule has 0 radical (unpaired) electrons. The van der Waals surface area contributed by atoms with Gasteiger partial charge in [-0.2, -0.15) is 0 Å². The molecule has 0 aliphatic carbocycles. The molecule has 0 unspecified atom stereocenters. The number of aliphatic hydroxyl groups is 1. The third-order valence-corrected chi connectivity index (χ3v) is 9.58. The highest BCUT2D eigenvalue weighted by atomic mass is 16.4. The van der Waals surface area contributed by atoms with Crippen LogP contribution >= 0.6 is 0 Å². The van der Waals surface area contributed by atoms with Gasteiger partial charge in [0.05, 0.1) is 24.6 Å². The Kier molecular flexibility index (Phi) is 16.2. The number of phenols is 1. The largest absolute Gasteiger partial charge is 0.508 e. The van der Waals surface area contributed by atoms with Gasteiger partial charge in [-0.25, -0.2) is 0 Å². The topological polar surface area (TPSA) is 256 Å². The molecule has 1 aromatic rings. The van der Waals surface area contributed by atoms with Crippen LogP contribution < -0.4 is 31.9 Å². The van der Waals surface area contributed by atoms with Gasteiger partial charge >= 0.3 is 5.97 Å². The minimum atomic E-state index is -1.73. The van der Waals surface area contributed by atoms with Crippen LogP contribution in [0.25, 0.3) is 0 Å². The summed E-state index contributed by atoms with van der Waals surface area (Å²) in [4.78, 5) is 98.0. The smallest absolute Gasteiger partial charge is 0.305 e.